The van der Waals surface area contributed by atoms with Gasteiger partial charge in [0.2, 0.25) is 11.8 Å². The van der Waals surface area contributed by atoms with Crippen LogP contribution in [0.15, 0.2) is 24.5 Å². The summed E-state index contributed by atoms with van der Waals surface area (Å²) in [6.45, 7) is -0.113. The van der Waals surface area contributed by atoms with Crippen LogP contribution in [0.1, 0.15) is 22.3 Å². The smallest absolute Gasteiger partial charge is 0.244 e. The number of nitrogens with zero attached hydrogens (tertiary/aromatic N) is 3. The van der Waals surface area contributed by atoms with Crippen molar-refractivity contribution in [2.75, 3.05) is 38.4 Å². The van der Waals surface area contributed by atoms with E-state index < -0.39 is 76.0 Å². The second kappa shape index (κ2) is 10.6. The number of carbonyl (C=O) groups excluding carboxylic acids is 6. The largest absolute Gasteiger partial charge is 0.505 e. The van der Waals surface area contributed by atoms with E-state index in [0.717, 1.165) is 0 Å². The molecule has 2 aromatic rings. The van der Waals surface area contributed by atoms with Crippen LogP contribution in [0, 0.1) is 23.7 Å². The lowest BCUT2D eigenvalue weighted by Gasteiger charge is -2.52. The molecule has 3 aliphatic rings. The number of aromatic hydroxyl groups is 1. The molecule has 1 aromatic heterocycles. The van der Waals surface area contributed by atoms with Crippen molar-refractivity contribution in [3.63, 3.8) is 0 Å². The van der Waals surface area contributed by atoms with Crippen molar-refractivity contribution in [3.8, 4) is 5.75 Å². The number of nitrogens with two attached hydrogens (primary N) is 1. The van der Waals surface area contributed by atoms with Crippen molar-refractivity contribution >= 4 is 57.9 Å². The minimum absolute atomic E-state index is 0.0227. The lowest BCUT2D eigenvalue weighted by molar-refractivity contribution is -0.181. The number of anilines is 2. The average Bonchev–Trinajstić information content (AvgIpc) is 3.41. The van der Waals surface area contributed by atoms with Crippen LogP contribution in [0.5, 0.6) is 5.75 Å². The van der Waals surface area contributed by atoms with Crippen molar-refractivity contribution < 1.29 is 39.0 Å². The molecule has 0 aliphatic heterocycles. The number of primary amides is 1. The fourth-order valence-electron chi connectivity index (χ4n) is 7.09. The molecule has 6 atom stereocenters. The van der Waals surface area contributed by atoms with Gasteiger partial charge in [-0.15, -0.1) is 0 Å². The molecule has 2 fully saturated rings. The van der Waals surface area contributed by atoms with Crippen molar-refractivity contribution in [1.29, 1.82) is 0 Å². The number of phenolic OH excluding ortho intramolecular Hbond substituents is 1. The molecule has 2 saturated carbocycles. The number of hydrogen-bond donors (Lipinski definition) is 4. The Morgan fingerprint density at radius 1 is 1.12 bits per heavy atom. The van der Waals surface area contributed by atoms with Gasteiger partial charge in [0.1, 0.15) is 12.2 Å². The summed E-state index contributed by atoms with van der Waals surface area (Å²) in [5.41, 5.74) is 2.69. The molecule has 0 saturated heterocycles. The summed E-state index contributed by atoms with van der Waals surface area (Å²) in [5.74, 6) is -12.3. The maximum absolute atomic E-state index is 14.1. The molecule has 5 rings (SSSR count). The van der Waals surface area contributed by atoms with Crippen molar-refractivity contribution in [2.24, 2.45) is 29.4 Å². The number of aromatic nitrogens is 1. The first kappa shape index (κ1) is 30.4. The van der Waals surface area contributed by atoms with Crippen LogP contribution >= 0.6 is 11.6 Å². The molecule has 13 nitrogen and oxygen atoms in total. The number of Topliss-reactive ketones (excluding diaryl/α,β-unsaturated/α-hetero) is 4. The zero-order valence-corrected chi connectivity index (χ0v) is 24.7. The number of fused-ring (bicyclic) bond motifs is 3. The second-order valence-electron chi connectivity index (χ2n) is 11.8. The van der Waals surface area contributed by atoms with Gasteiger partial charge in [-0.3, -0.25) is 33.7 Å². The quantitative estimate of drug-likeness (QED) is 0.255. The van der Waals surface area contributed by atoms with Gasteiger partial charge in [0, 0.05) is 32.4 Å². The number of ketones is 4. The summed E-state index contributed by atoms with van der Waals surface area (Å²) in [6.07, 6.45) is 3.27. The lowest BCUT2D eigenvalue weighted by Crippen LogP contribution is -2.74. The predicted octanol–water partition coefficient (Wildman–Crippen LogP) is 0.0266. The Hall–Kier alpha value is -4.07. The Morgan fingerprint density at radius 2 is 1.74 bits per heavy atom. The number of carbonyl (C=O) groups is 6. The monoisotopic (exact) mass is 613 g/mol. The highest BCUT2D eigenvalue weighted by Crippen LogP contribution is 2.54. The van der Waals surface area contributed by atoms with Crippen LogP contribution in [0.2, 0.25) is 5.02 Å². The summed E-state index contributed by atoms with van der Waals surface area (Å²) in [7, 11) is 6.36. The highest BCUT2D eigenvalue weighted by atomic mass is 35.5. The van der Waals surface area contributed by atoms with Gasteiger partial charge in [-0.1, -0.05) is 11.6 Å². The fourth-order valence-corrected chi connectivity index (χ4v) is 7.51. The van der Waals surface area contributed by atoms with E-state index in [1.165, 1.54) is 19.0 Å². The van der Waals surface area contributed by atoms with Crippen molar-refractivity contribution in [2.45, 2.75) is 31.0 Å². The van der Waals surface area contributed by atoms with Crippen LogP contribution < -0.4 is 16.0 Å². The lowest BCUT2D eigenvalue weighted by atomic mass is 9.52. The third-order valence-electron chi connectivity index (χ3n) is 8.85. The maximum atomic E-state index is 14.1. The highest BCUT2D eigenvalue weighted by Gasteiger charge is 2.69. The van der Waals surface area contributed by atoms with Crippen LogP contribution in [-0.4, -0.2) is 94.5 Å². The van der Waals surface area contributed by atoms with Crippen LogP contribution in [0.3, 0.4) is 0 Å². The summed E-state index contributed by atoms with van der Waals surface area (Å²) < 4.78 is 1.59. The average molecular weight is 614 g/mol. The molecular formula is C29H32ClN5O8. The zero-order valence-electron chi connectivity index (χ0n) is 24.0. The second-order valence-corrected chi connectivity index (χ2v) is 12.2. The number of aliphatic hydroxyl groups is 1. The van der Waals surface area contributed by atoms with E-state index in [1.54, 1.807) is 48.1 Å². The first-order chi connectivity index (χ1) is 20.1. The molecule has 0 bridgehead atoms. The summed E-state index contributed by atoms with van der Waals surface area (Å²) in [4.78, 5) is 82.9. The standard InChI is InChI=1S/C29H32ClN5O8/c1-33(2)21-13-9-12-10-14-22(34(3)4)25(39)18(28(31)42)27(41)29(14,43)26(40)16(12)23(37)17(13)24(38)20(19(21)30)32-15(36)11-35-7-5-6-8-35/h5-8,12,14,16,18,22,38,43H,9-11H2,1-4H3,(H2,31,42)(H,32,36)/t12?,14?,16?,18?,22-,29-/m0/s1. The van der Waals surface area contributed by atoms with Crippen molar-refractivity contribution in [3.05, 3.63) is 40.7 Å². The minimum Gasteiger partial charge on any atom is -0.505 e. The number of benzene rings is 1. The summed E-state index contributed by atoms with van der Waals surface area (Å²) in [6, 6.07) is 2.26. The van der Waals surface area contributed by atoms with Gasteiger partial charge in [0.25, 0.3) is 0 Å². The third kappa shape index (κ3) is 4.45. The number of rotatable bonds is 6. The van der Waals surface area contributed by atoms with E-state index in [-0.39, 0.29) is 35.7 Å². The van der Waals surface area contributed by atoms with E-state index in [9.17, 15) is 39.0 Å². The van der Waals surface area contributed by atoms with Crippen LogP contribution in [0.25, 0.3) is 0 Å². The number of hydrogen-bond acceptors (Lipinski definition) is 10. The van der Waals surface area contributed by atoms with Gasteiger partial charge >= 0.3 is 0 Å². The first-order valence-corrected chi connectivity index (χ1v) is 14.0. The van der Waals surface area contributed by atoms with Gasteiger partial charge < -0.3 is 30.7 Å². The molecule has 3 aliphatic carbocycles. The molecule has 43 heavy (non-hydrogen) atoms. The summed E-state index contributed by atoms with van der Waals surface area (Å²) in [5, 5.41) is 25.7. The predicted molar refractivity (Wildman–Crippen MR) is 154 cm³/mol. The number of nitrogens with one attached hydrogen (secondary N) is 1. The molecule has 0 spiro atoms. The van der Waals surface area contributed by atoms with Gasteiger partial charge in [-0.2, -0.15) is 0 Å². The molecule has 1 aromatic carbocycles. The molecule has 5 N–H and O–H groups in total. The number of phenols is 1. The number of halogens is 1. The van der Waals surface area contributed by atoms with E-state index in [0.29, 0.717) is 11.3 Å². The van der Waals surface area contributed by atoms with Crippen molar-refractivity contribution in [1.82, 2.24) is 9.47 Å². The molecule has 0 radical (unpaired) electrons. The maximum Gasteiger partial charge on any atom is 0.244 e. The molecular weight excluding hydrogens is 582 g/mol. The number of likely N-dealkylation sites (N-methyl/N-ethyl adjacent to an activating group) is 1. The van der Waals surface area contributed by atoms with E-state index in [1.807, 2.05) is 0 Å². The van der Waals surface area contributed by atoms with E-state index in [4.69, 9.17) is 17.3 Å². The number of amides is 2. The Bertz CT molecular complexity index is 1590. The van der Waals surface area contributed by atoms with Gasteiger partial charge in [0.05, 0.1) is 28.2 Å². The molecule has 14 heteroatoms. The van der Waals surface area contributed by atoms with Gasteiger partial charge in [-0.05, 0) is 50.6 Å². The van der Waals surface area contributed by atoms with Crippen LogP contribution in [0.4, 0.5) is 11.4 Å². The molecule has 1 heterocycles. The normalized spacial score (nSPS) is 28.3. The SMILES string of the molecule is CN(C)c1c(Cl)c(NC(=O)Cn2cccc2)c(O)c2c1CC1CC3[C@H](N(C)C)C(=O)C(C(N)=O)C(=O)[C@@]3(O)C(=O)C1C2=O. The summed E-state index contributed by atoms with van der Waals surface area (Å²) >= 11 is 6.72. The van der Waals surface area contributed by atoms with Gasteiger partial charge in [-0.25, -0.2) is 0 Å². The zero-order chi connectivity index (χ0) is 31.7. The third-order valence-corrected chi connectivity index (χ3v) is 9.21. The fraction of sp³-hybridized carbons (Fsp3) is 0.448. The molecule has 4 unspecified atom stereocenters. The minimum atomic E-state index is -2.84. The highest BCUT2D eigenvalue weighted by molar-refractivity contribution is 6.38. The van der Waals surface area contributed by atoms with E-state index >= 15 is 0 Å². The topological polar surface area (TPSA) is 192 Å². The van der Waals surface area contributed by atoms with Gasteiger partial charge in [0.15, 0.2) is 40.4 Å². The Kier molecular flexibility index (Phi) is 7.48. The molecule has 228 valence electrons. The first-order valence-electron chi connectivity index (χ1n) is 13.6. The Morgan fingerprint density at radius 3 is 2.30 bits per heavy atom. The van der Waals surface area contributed by atoms with E-state index in [2.05, 4.69) is 5.32 Å². The van der Waals surface area contributed by atoms with Crippen LogP contribution in [-0.2, 0) is 36.9 Å². The Balaban J connectivity index is 1.62. The Labute approximate surface area is 251 Å². The molecule has 2 amide bonds.